The van der Waals surface area contributed by atoms with Gasteiger partial charge in [-0.3, -0.25) is 0 Å². The van der Waals surface area contributed by atoms with Crippen LogP contribution in [-0.2, 0) is 6.42 Å². The van der Waals surface area contributed by atoms with Crippen molar-refractivity contribution in [2.75, 3.05) is 5.32 Å². The van der Waals surface area contributed by atoms with E-state index in [4.69, 9.17) is 34.8 Å². The van der Waals surface area contributed by atoms with Crippen molar-refractivity contribution in [3.05, 3.63) is 44.8 Å². The molecule has 0 aliphatic carbocycles. The number of anilines is 2. The van der Waals surface area contributed by atoms with Gasteiger partial charge in [0, 0.05) is 27.7 Å². The van der Waals surface area contributed by atoms with Gasteiger partial charge < -0.3 is 5.32 Å². The van der Waals surface area contributed by atoms with E-state index >= 15 is 0 Å². The molecule has 20 heavy (non-hydrogen) atoms. The van der Waals surface area contributed by atoms with E-state index in [0.29, 0.717) is 21.0 Å². The summed E-state index contributed by atoms with van der Waals surface area (Å²) in [5.41, 5.74) is 1.56. The minimum atomic E-state index is 0.457. The zero-order valence-electron chi connectivity index (χ0n) is 11.2. The fraction of sp³-hybridized carbons (Fsp3) is 0.286. The molecule has 1 heterocycles. The quantitative estimate of drug-likeness (QED) is 0.758. The fourth-order valence-electron chi connectivity index (χ4n) is 1.75. The molecule has 0 saturated carbocycles. The summed E-state index contributed by atoms with van der Waals surface area (Å²) in [6, 6.07) is 5.24. The Hall–Kier alpha value is -1.03. The predicted molar refractivity (Wildman–Crippen MR) is 85.5 cm³/mol. The molecule has 2 aromatic rings. The lowest BCUT2D eigenvalue weighted by atomic mass is 10.2. The molecule has 6 heteroatoms. The summed E-state index contributed by atoms with van der Waals surface area (Å²) in [5.74, 6) is 1.39. The number of halogens is 3. The second-order valence-electron chi connectivity index (χ2n) is 4.44. The van der Waals surface area contributed by atoms with Crippen LogP contribution in [0.2, 0.25) is 15.2 Å². The topological polar surface area (TPSA) is 37.8 Å². The van der Waals surface area contributed by atoms with Crippen LogP contribution in [0.25, 0.3) is 0 Å². The molecule has 1 N–H and O–H groups in total. The Kier molecular flexibility index (Phi) is 5.08. The van der Waals surface area contributed by atoms with Crippen molar-refractivity contribution in [1.82, 2.24) is 9.97 Å². The maximum absolute atomic E-state index is 6.14. The fourth-order valence-corrected chi connectivity index (χ4v) is 2.47. The monoisotopic (exact) mass is 329 g/mol. The van der Waals surface area contributed by atoms with Crippen molar-refractivity contribution in [2.24, 2.45) is 0 Å². The van der Waals surface area contributed by atoms with Crippen LogP contribution in [0.1, 0.15) is 24.7 Å². The van der Waals surface area contributed by atoms with Gasteiger partial charge in [0.2, 0.25) is 0 Å². The maximum Gasteiger partial charge on any atom is 0.138 e. The number of rotatable bonds is 4. The molecular formula is C14H14Cl3N3. The standard InChI is InChI=1S/C14H14Cl3N3/c1-3-4-12-19-13(17)8(2)14(20-12)18-11-6-9(15)5-10(16)7-11/h5-7H,3-4H2,1-2H3,(H,18,19,20). The van der Waals surface area contributed by atoms with Gasteiger partial charge in [0.25, 0.3) is 0 Å². The van der Waals surface area contributed by atoms with E-state index in [1.54, 1.807) is 18.2 Å². The number of nitrogens with zero attached hydrogens (tertiary/aromatic N) is 2. The number of aromatic nitrogens is 2. The Bertz CT molecular complexity index is 609. The van der Waals surface area contributed by atoms with Gasteiger partial charge >= 0.3 is 0 Å². The predicted octanol–water partition coefficient (Wildman–Crippen LogP) is 5.44. The lowest BCUT2D eigenvalue weighted by molar-refractivity contribution is 0.833. The van der Waals surface area contributed by atoms with Gasteiger partial charge in [0.15, 0.2) is 0 Å². The first-order valence-corrected chi connectivity index (χ1v) is 7.39. The number of benzene rings is 1. The van der Waals surface area contributed by atoms with E-state index < -0.39 is 0 Å². The van der Waals surface area contributed by atoms with Crippen LogP contribution in [-0.4, -0.2) is 9.97 Å². The SMILES string of the molecule is CCCc1nc(Cl)c(C)c(Nc2cc(Cl)cc(Cl)c2)n1. The third kappa shape index (κ3) is 3.75. The van der Waals surface area contributed by atoms with Crippen molar-refractivity contribution >= 4 is 46.3 Å². The minimum Gasteiger partial charge on any atom is -0.340 e. The van der Waals surface area contributed by atoms with E-state index in [9.17, 15) is 0 Å². The molecule has 0 saturated heterocycles. The van der Waals surface area contributed by atoms with E-state index in [-0.39, 0.29) is 0 Å². The highest BCUT2D eigenvalue weighted by Crippen LogP contribution is 2.27. The van der Waals surface area contributed by atoms with Gasteiger partial charge in [-0.2, -0.15) is 0 Å². The van der Waals surface area contributed by atoms with Crippen LogP contribution in [0.5, 0.6) is 0 Å². The lowest BCUT2D eigenvalue weighted by Crippen LogP contribution is -2.03. The van der Waals surface area contributed by atoms with Gasteiger partial charge in [-0.25, -0.2) is 9.97 Å². The second-order valence-corrected chi connectivity index (χ2v) is 5.67. The number of aryl methyl sites for hydroxylation is 1. The molecule has 0 amide bonds. The summed E-state index contributed by atoms with van der Waals surface area (Å²) in [6.45, 7) is 3.94. The third-order valence-corrected chi connectivity index (χ3v) is 3.54. The average molecular weight is 331 g/mol. The number of hydrogen-bond donors (Lipinski definition) is 1. The van der Waals surface area contributed by atoms with E-state index in [1.165, 1.54) is 0 Å². The highest BCUT2D eigenvalue weighted by molar-refractivity contribution is 6.35. The van der Waals surface area contributed by atoms with Crippen LogP contribution < -0.4 is 5.32 Å². The van der Waals surface area contributed by atoms with Gasteiger partial charge in [0.05, 0.1) is 0 Å². The largest absolute Gasteiger partial charge is 0.340 e. The molecule has 0 spiro atoms. The lowest BCUT2D eigenvalue weighted by Gasteiger charge is -2.12. The molecule has 0 bridgehead atoms. The smallest absolute Gasteiger partial charge is 0.138 e. The van der Waals surface area contributed by atoms with Crippen LogP contribution >= 0.6 is 34.8 Å². The maximum atomic E-state index is 6.14. The first kappa shape index (κ1) is 15.4. The molecule has 0 atom stereocenters. The number of nitrogens with one attached hydrogen (secondary N) is 1. The third-order valence-electron chi connectivity index (χ3n) is 2.73. The Morgan fingerprint density at radius 2 is 1.70 bits per heavy atom. The summed E-state index contributed by atoms with van der Waals surface area (Å²) in [7, 11) is 0. The van der Waals surface area contributed by atoms with Crippen molar-refractivity contribution in [3.63, 3.8) is 0 Å². The molecule has 3 nitrogen and oxygen atoms in total. The van der Waals surface area contributed by atoms with Gasteiger partial charge in [-0.1, -0.05) is 41.7 Å². The summed E-state index contributed by atoms with van der Waals surface area (Å²) < 4.78 is 0. The Balaban J connectivity index is 2.36. The van der Waals surface area contributed by atoms with Gasteiger partial charge in [-0.15, -0.1) is 0 Å². The zero-order valence-corrected chi connectivity index (χ0v) is 13.4. The highest BCUT2D eigenvalue weighted by atomic mass is 35.5. The van der Waals surface area contributed by atoms with Gasteiger partial charge in [0.1, 0.15) is 16.8 Å². The van der Waals surface area contributed by atoms with Crippen molar-refractivity contribution in [2.45, 2.75) is 26.7 Å². The van der Waals surface area contributed by atoms with E-state index in [2.05, 4.69) is 22.2 Å². The molecule has 0 aliphatic rings. The average Bonchev–Trinajstić information content (AvgIpc) is 2.34. The molecule has 0 unspecified atom stereocenters. The normalized spacial score (nSPS) is 10.7. The molecule has 106 valence electrons. The molecule has 0 fully saturated rings. The van der Waals surface area contributed by atoms with E-state index in [0.717, 1.165) is 29.9 Å². The molecule has 0 radical (unpaired) electrons. The Morgan fingerprint density at radius 3 is 2.30 bits per heavy atom. The zero-order chi connectivity index (χ0) is 14.7. The Morgan fingerprint density at radius 1 is 1.05 bits per heavy atom. The second kappa shape index (κ2) is 6.61. The first-order valence-electron chi connectivity index (χ1n) is 6.25. The minimum absolute atomic E-state index is 0.457. The number of hydrogen-bond acceptors (Lipinski definition) is 3. The highest BCUT2D eigenvalue weighted by Gasteiger charge is 2.10. The van der Waals surface area contributed by atoms with Crippen LogP contribution in [0.3, 0.4) is 0 Å². The summed E-state index contributed by atoms with van der Waals surface area (Å²) >= 11 is 18.1. The summed E-state index contributed by atoms with van der Waals surface area (Å²) in [5, 5.41) is 4.77. The molecular weight excluding hydrogens is 317 g/mol. The van der Waals surface area contributed by atoms with Gasteiger partial charge in [-0.05, 0) is 31.5 Å². The molecule has 1 aromatic heterocycles. The Labute approximate surface area is 133 Å². The van der Waals surface area contributed by atoms with E-state index in [1.807, 2.05) is 6.92 Å². The van der Waals surface area contributed by atoms with Crippen molar-refractivity contribution in [1.29, 1.82) is 0 Å². The molecule has 2 rings (SSSR count). The molecule has 0 aliphatic heterocycles. The van der Waals surface area contributed by atoms with Crippen molar-refractivity contribution < 1.29 is 0 Å². The summed E-state index contributed by atoms with van der Waals surface area (Å²) in [6.07, 6.45) is 1.74. The van der Waals surface area contributed by atoms with Crippen LogP contribution in [0.4, 0.5) is 11.5 Å². The summed E-state index contributed by atoms with van der Waals surface area (Å²) in [4.78, 5) is 8.75. The van der Waals surface area contributed by atoms with Crippen LogP contribution in [0, 0.1) is 6.92 Å². The first-order chi connectivity index (χ1) is 9.49. The van der Waals surface area contributed by atoms with Crippen LogP contribution in [0.15, 0.2) is 18.2 Å². The molecule has 1 aromatic carbocycles. The van der Waals surface area contributed by atoms with Crippen molar-refractivity contribution in [3.8, 4) is 0 Å².